The van der Waals surface area contributed by atoms with E-state index < -0.39 is 0 Å². The van der Waals surface area contributed by atoms with Crippen molar-refractivity contribution in [2.75, 3.05) is 0 Å². The van der Waals surface area contributed by atoms with Crippen LogP contribution in [0.4, 0.5) is 0 Å². The van der Waals surface area contributed by atoms with Crippen molar-refractivity contribution in [3.63, 3.8) is 0 Å². The van der Waals surface area contributed by atoms with Crippen LogP contribution in [0.2, 0.25) is 0 Å². The molecular weight excluding hydrogens is 230 g/mol. The maximum Gasteiger partial charge on any atom is 0.0954 e. The van der Waals surface area contributed by atoms with Gasteiger partial charge in [-0.3, -0.25) is 0 Å². The third-order valence-electron chi connectivity index (χ3n) is 2.95. The zero-order chi connectivity index (χ0) is 12.3. The molecule has 1 N–H and O–H groups in total. The van der Waals surface area contributed by atoms with Crippen molar-refractivity contribution in [2.45, 2.75) is 32.3 Å². The second-order valence-corrected chi connectivity index (χ2v) is 5.30. The molecule has 0 bridgehead atoms. The number of hydrogen-bond donors (Lipinski definition) is 1. The summed E-state index contributed by atoms with van der Waals surface area (Å²) in [5, 5.41) is 13.2. The second kappa shape index (κ2) is 5.43. The smallest absolute Gasteiger partial charge is 0.0954 e. The van der Waals surface area contributed by atoms with Crippen molar-refractivity contribution in [3.8, 4) is 0 Å². The van der Waals surface area contributed by atoms with Crippen LogP contribution < -0.4 is 0 Å². The molecule has 0 radical (unpaired) electrons. The summed E-state index contributed by atoms with van der Waals surface area (Å²) in [5.74, 6) is 0.139. The largest absolute Gasteiger partial charge is 0.392 e. The lowest BCUT2D eigenvalue weighted by Gasteiger charge is -2.18. The lowest BCUT2D eigenvalue weighted by Crippen LogP contribution is -2.18. The number of aliphatic hydroxyl groups is 1. The first-order valence-electron chi connectivity index (χ1n) is 5.81. The van der Waals surface area contributed by atoms with E-state index in [2.05, 4.69) is 24.0 Å². The van der Waals surface area contributed by atoms with E-state index in [0.29, 0.717) is 6.42 Å². The summed E-state index contributed by atoms with van der Waals surface area (Å²) in [7, 11) is 0. The zero-order valence-corrected chi connectivity index (χ0v) is 10.9. The van der Waals surface area contributed by atoms with Crippen LogP contribution in [0.25, 0.3) is 0 Å². The maximum atomic E-state index is 10.2. The van der Waals surface area contributed by atoms with Crippen molar-refractivity contribution in [1.29, 1.82) is 0 Å². The third-order valence-corrected chi connectivity index (χ3v) is 3.94. The average molecular weight is 247 g/mol. The molecule has 0 aliphatic heterocycles. The maximum absolute atomic E-state index is 10.2. The van der Waals surface area contributed by atoms with E-state index in [9.17, 15) is 5.11 Å². The molecule has 2 unspecified atom stereocenters. The number of aromatic nitrogens is 1. The fourth-order valence-electron chi connectivity index (χ4n) is 1.83. The summed E-state index contributed by atoms with van der Waals surface area (Å²) >= 11 is 1.62. The number of thiazole rings is 1. The molecule has 2 rings (SSSR count). The minimum atomic E-state index is -0.372. The Balaban J connectivity index is 2.03. The van der Waals surface area contributed by atoms with Crippen LogP contribution in [-0.2, 0) is 6.42 Å². The van der Waals surface area contributed by atoms with E-state index in [1.54, 1.807) is 11.3 Å². The number of aliphatic hydroxyl groups excluding tert-OH is 1. The van der Waals surface area contributed by atoms with Crippen molar-refractivity contribution in [1.82, 2.24) is 4.98 Å². The minimum Gasteiger partial charge on any atom is -0.392 e. The van der Waals surface area contributed by atoms with E-state index in [4.69, 9.17) is 0 Å². The highest BCUT2D eigenvalue weighted by Crippen LogP contribution is 2.22. The molecule has 0 saturated heterocycles. The normalized spacial score (nSPS) is 14.5. The quantitative estimate of drug-likeness (QED) is 0.900. The molecule has 2 nitrogen and oxygen atoms in total. The Morgan fingerprint density at radius 2 is 2.00 bits per heavy atom. The molecule has 2 aromatic rings. The van der Waals surface area contributed by atoms with Gasteiger partial charge in [0.2, 0.25) is 0 Å². The standard InChI is InChI=1S/C14H17NOS/c1-10-9-17-14(15-10)8-13(16)11(2)12-6-4-3-5-7-12/h3-7,9,11,13,16H,8H2,1-2H3. The second-order valence-electron chi connectivity index (χ2n) is 4.35. The van der Waals surface area contributed by atoms with Gasteiger partial charge in [0.1, 0.15) is 0 Å². The summed E-state index contributed by atoms with van der Waals surface area (Å²) in [4.78, 5) is 4.39. The van der Waals surface area contributed by atoms with Gasteiger partial charge in [-0.25, -0.2) is 4.98 Å². The molecule has 0 aliphatic carbocycles. The van der Waals surface area contributed by atoms with Crippen molar-refractivity contribution < 1.29 is 5.11 Å². The molecule has 3 heteroatoms. The third kappa shape index (κ3) is 3.14. The van der Waals surface area contributed by atoms with E-state index in [-0.39, 0.29) is 12.0 Å². The van der Waals surface area contributed by atoms with Gasteiger partial charge in [0.25, 0.3) is 0 Å². The zero-order valence-electron chi connectivity index (χ0n) is 10.1. The Kier molecular flexibility index (Phi) is 3.92. The predicted octanol–water partition coefficient (Wildman–Crippen LogP) is 3.16. The summed E-state index contributed by atoms with van der Waals surface area (Å²) in [6.07, 6.45) is 0.261. The van der Waals surface area contributed by atoms with Crippen molar-refractivity contribution >= 4 is 11.3 Å². The minimum absolute atomic E-state index is 0.139. The first kappa shape index (κ1) is 12.3. The van der Waals surface area contributed by atoms with E-state index in [0.717, 1.165) is 10.7 Å². The first-order chi connectivity index (χ1) is 8.16. The number of benzene rings is 1. The SMILES string of the molecule is Cc1csc(CC(O)C(C)c2ccccc2)n1. The number of rotatable bonds is 4. The van der Waals surface area contributed by atoms with E-state index >= 15 is 0 Å². The molecule has 1 aromatic heterocycles. The number of hydrogen-bond acceptors (Lipinski definition) is 3. The van der Waals surface area contributed by atoms with Crippen molar-refractivity contribution in [3.05, 3.63) is 52.0 Å². The van der Waals surface area contributed by atoms with Gasteiger partial charge in [-0.15, -0.1) is 11.3 Å². The van der Waals surface area contributed by atoms with Gasteiger partial charge in [-0.1, -0.05) is 37.3 Å². The Hall–Kier alpha value is -1.19. The summed E-state index contributed by atoms with van der Waals surface area (Å²) in [6, 6.07) is 10.1. The van der Waals surface area contributed by atoms with Gasteiger partial charge in [0, 0.05) is 23.4 Å². The highest BCUT2D eigenvalue weighted by atomic mass is 32.1. The Bertz CT molecular complexity index is 466. The molecule has 17 heavy (non-hydrogen) atoms. The summed E-state index contributed by atoms with van der Waals surface area (Å²) in [5.41, 5.74) is 2.21. The molecular formula is C14H17NOS. The van der Waals surface area contributed by atoms with Gasteiger partial charge in [-0.2, -0.15) is 0 Å². The fraction of sp³-hybridized carbons (Fsp3) is 0.357. The highest BCUT2D eigenvalue weighted by Gasteiger charge is 2.17. The molecule has 1 aromatic carbocycles. The molecule has 0 amide bonds. The topological polar surface area (TPSA) is 33.1 Å². The Labute approximate surface area is 106 Å². The molecule has 90 valence electrons. The molecule has 0 aliphatic rings. The van der Waals surface area contributed by atoms with Crippen LogP contribution in [0.15, 0.2) is 35.7 Å². The van der Waals surface area contributed by atoms with E-state index in [1.807, 2.05) is 30.5 Å². The predicted molar refractivity (Wildman–Crippen MR) is 71.4 cm³/mol. The van der Waals surface area contributed by atoms with Crippen LogP contribution in [0.3, 0.4) is 0 Å². The lowest BCUT2D eigenvalue weighted by atomic mass is 9.94. The van der Waals surface area contributed by atoms with E-state index in [1.165, 1.54) is 5.56 Å². The van der Waals surface area contributed by atoms with Gasteiger partial charge in [-0.05, 0) is 12.5 Å². The fourth-order valence-corrected chi connectivity index (χ4v) is 2.65. The van der Waals surface area contributed by atoms with Crippen LogP contribution in [0.5, 0.6) is 0 Å². The van der Waals surface area contributed by atoms with Gasteiger partial charge in [0.05, 0.1) is 11.1 Å². The van der Waals surface area contributed by atoms with Crippen molar-refractivity contribution in [2.24, 2.45) is 0 Å². The monoisotopic (exact) mass is 247 g/mol. The van der Waals surface area contributed by atoms with Crippen LogP contribution in [0.1, 0.15) is 29.1 Å². The average Bonchev–Trinajstić information content (AvgIpc) is 2.75. The van der Waals surface area contributed by atoms with Crippen LogP contribution >= 0.6 is 11.3 Å². The number of aryl methyl sites for hydroxylation is 1. The van der Waals surface area contributed by atoms with Gasteiger partial charge < -0.3 is 5.11 Å². The van der Waals surface area contributed by atoms with Gasteiger partial charge >= 0.3 is 0 Å². The van der Waals surface area contributed by atoms with Gasteiger partial charge in [0.15, 0.2) is 0 Å². The first-order valence-corrected chi connectivity index (χ1v) is 6.69. The molecule has 0 spiro atoms. The van der Waals surface area contributed by atoms with Crippen LogP contribution in [0, 0.1) is 6.92 Å². The number of nitrogens with zero attached hydrogens (tertiary/aromatic N) is 1. The van der Waals surface area contributed by atoms with Crippen LogP contribution in [-0.4, -0.2) is 16.2 Å². The molecule has 1 heterocycles. The Morgan fingerprint density at radius 3 is 2.59 bits per heavy atom. The molecule has 2 atom stereocenters. The Morgan fingerprint density at radius 1 is 1.29 bits per heavy atom. The lowest BCUT2D eigenvalue weighted by molar-refractivity contribution is 0.149. The highest BCUT2D eigenvalue weighted by molar-refractivity contribution is 7.09. The summed E-state index contributed by atoms with van der Waals surface area (Å²) in [6.45, 7) is 4.04. The molecule has 0 saturated carbocycles. The molecule has 0 fully saturated rings. The summed E-state index contributed by atoms with van der Waals surface area (Å²) < 4.78 is 0.